The minimum absolute atomic E-state index is 0.0783. The van der Waals surface area contributed by atoms with Crippen LogP contribution >= 0.6 is 0 Å². The van der Waals surface area contributed by atoms with E-state index in [0.29, 0.717) is 5.75 Å². The van der Waals surface area contributed by atoms with Crippen LogP contribution in [-0.4, -0.2) is 37.5 Å². The van der Waals surface area contributed by atoms with Crippen LogP contribution in [0.25, 0.3) is 0 Å². The summed E-state index contributed by atoms with van der Waals surface area (Å²) in [6.07, 6.45) is -0.206. The summed E-state index contributed by atoms with van der Waals surface area (Å²) in [5, 5.41) is 8.92. The van der Waals surface area contributed by atoms with Crippen LogP contribution in [0.3, 0.4) is 0 Å². The van der Waals surface area contributed by atoms with Crippen LogP contribution in [0.5, 0.6) is 5.75 Å². The van der Waals surface area contributed by atoms with Gasteiger partial charge in [0.2, 0.25) is 15.9 Å². The van der Waals surface area contributed by atoms with Crippen molar-refractivity contribution in [3.63, 3.8) is 0 Å². The number of ether oxygens (including phenoxy) is 1. The molecule has 3 aromatic rings. The van der Waals surface area contributed by atoms with Gasteiger partial charge in [-0.05, 0) is 35.4 Å². The maximum Gasteiger partial charge on any atom is 0.244 e. The summed E-state index contributed by atoms with van der Waals surface area (Å²) in [5.41, 5.74) is 3.09. The van der Waals surface area contributed by atoms with E-state index in [1.165, 1.54) is 23.5 Å². The number of nitrogens with one attached hydrogen (secondary N) is 1. The van der Waals surface area contributed by atoms with Gasteiger partial charge in [-0.3, -0.25) is 10.0 Å². The lowest BCUT2D eigenvalue weighted by Gasteiger charge is -2.31. The number of amides is 1. The van der Waals surface area contributed by atoms with Gasteiger partial charge in [0.15, 0.2) is 0 Å². The predicted molar refractivity (Wildman–Crippen MR) is 116 cm³/mol. The molecule has 0 saturated heterocycles. The highest BCUT2D eigenvalue weighted by Gasteiger charge is 2.34. The van der Waals surface area contributed by atoms with E-state index < -0.39 is 22.0 Å². The second kappa shape index (κ2) is 10.2. The van der Waals surface area contributed by atoms with Crippen molar-refractivity contribution >= 4 is 15.9 Å². The molecule has 0 aliphatic carbocycles. The highest BCUT2D eigenvalue weighted by Crippen LogP contribution is 2.34. The fraction of sp³-hybridized carbons (Fsp3) is 0.174. The van der Waals surface area contributed by atoms with Crippen molar-refractivity contribution < 1.29 is 23.2 Å². The van der Waals surface area contributed by atoms with Gasteiger partial charge in [0.1, 0.15) is 5.75 Å². The number of methoxy groups -OCH3 is 1. The summed E-state index contributed by atoms with van der Waals surface area (Å²) < 4.78 is 33.8. The van der Waals surface area contributed by atoms with Gasteiger partial charge in [-0.2, -0.15) is 4.31 Å². The van der Waals surface area contributed by atoms with Gasteiger partial charge in [-0.1, -0.05) is 60.7 Å². The molecule has 0 atom stereocenters. The average Bonchev–Trinajstić information content (AvgIpc) is 2.82. The molecule has 3 rings (SSSR count). The van der Waals surface area contributed by atoms with Gasteiger partial charge in [0.05, 0.1) is 18.0 Å². The number of rotatable bonds is 9. The van der Waals surface area contributed by atoms with Crippen molar-refractivity contribution in [1.29, 1.82) is 0 Å². The maximum atomic E-state index is 13.7. The molecule has 162 valence electrons. The minimum Gasteiger partial charge on any atom is -0.497 e. The predicted octanol–water partition coefficient (Wildman–Crippen LogP) is 3.37. The zero-order valence-corrected chi connectivity index (χ0v) is 17.8. The first-order valence-electron chi connectivity index (χ1n) is 9.66. The van der Waals surface area contributed by atoms with Gasteiger partial charge in [0, 0.05) is 13.0 Å². The second-order valence-corrected chi connectivity index (χ2v) is 8.69. The molecule has 2 N–H and O–H groups in total. The summed E-state index contributed by atoms with van der Waals surface area (Å²) in [5.74, 6) is -0.136. The standard InChI is InChI=1S/C23H24N2O5S/c1-30-20-12-14-21(15-13-20)31(28,29)25(17-16-22(26)24-27)23(18-8-4-2-5-9-18)19-10-6-3-7-11-19/h2-15,23,27H,16-17H2,1H3,(H,24,26). The third kappa shape index (κ3) is 5.29. The molecule has 3 aromatic carbocycles. The third-order valence-electron chi connectivity index (χ3n) is 4.87. The van der Waals surface area contributed by atoms with E-state index in [-0.39, 0.29) is 17.9 Å². The van der Waals surface area contributed by atoms with Crippen LogP contribution in [0.2, 0.25) is 0 Å². The Morgan fingerprint density at radius 2 is 1.45 bits per heavy atom. The van der Waals surface area contributed by atoms with Crippen molar-refractivity contribution in [3.8, 4) is 5.75 Å². The first-order chi connectivity index (χ1) is 15.0. The van der Waals surface area contributed by atoms with Crippen molar-refractivity contribution in [2.75, 3.05) is 13.7 Å². The number of benzene rings is 3. The molecule has 1 amide bonds. The van der Waals surface area contributed by atoms with Crippen LogP contribution in [-0.2, 0) is 14.8 Å². The van der Waals surface area contributed by atoms with Crippen LogP contribution in [0.4, 0.5) is 0 Å². The lowest BCUT2D eigenvalue weighted by molar-refractivity contribution is -0.129. The molecule has 0 fully saturated rings. The Hall–Kier alpha value is -3.20. The summed E-state index contributed by atoms with van der Waals surface area (Å²) in [6.45, 7) is -0.130. The summed E-state index contributed by atoms with van der Waals surface area (Å²) in [7, 11) is -2.51. The second-order valence-electron chi connectivity index (χ2n) is 6.80. The van der Waals surface area contributed by atoms with Crippen molar-refractivity contribution in [3.05, 3.63) is 96.1 Å². The first kappa shape index (κ1) is 22.5. The van der Waals surface area contributed by atoms with E-state index in [9.17, 15) is 13.2 Å². The maximum absolute atomic E-state index is 13.7. The molecule has 0 aliphatic heterocycles. The molecule has 7 nitrogen and oxygen atoms in total. The largest absolute Gasteiger partial charge is 0.497 e. The topological polar surface area (TPSA) is 95.9 Å². The molecule has 8 heteroatoms. The number of nitrogens with zero attached hydrogens (tertiary/aromatic N) is 1. The van der Waals surface area contributed by atoms with Crippen LogP contribution in [0.15, 0.2) is 89.8 Å². The normalized spacial score (nSPS) is 11.5. The van der Waals surface area contributed by atoms with Gasteiger partial charge >= 0.3 is 0 Å². The number of sulfonamides is 1. The average molecular weight is 441 g/mol. The highest BCUT2D eigenvalue weighted by molar-refractivity contribution is 7.89. The molecular formula is C23H24N2O5S. The van der Waals surface area contributed by atoms with E-state index in [1.807, 2.05) is 60.7 Å². The van der Waals surface area contributed by atoms with E-state index in [1.54, 1.807) is 17.6 Å². The molecule has 0 aromatic heterocycles. The zero-order valence-electron chi connectivity index (χ0n) is 17.0. The van der Waals surface area contributed by atoms with Crippen LogP contribution in [0.1, 0.15) is 23.6 Å². The molecule has 0 bridgehead atoms. The Labute approximate surface area is 181 Å². The van der Waals surface area contributed by atoms with E-state index >= 15 is 0 Å². The number of carbonyl (C=O) groups is 1. The van der Waals surface area contributed by atoms with Crippen molar-refractivity contribution in [2.45, 2.75) is 17.4 Å². The highest BCUT2D eigenvalue weighted by atomic mass is 32.2. The Morgan fingerprint density at radius 1 is 0.935 bits per heavy atom. The minimum atomic E-state index is -4.01. The van der Waals surface area contributed by atoms with Gasteiger partial charge in [0.25, 0.3) is 0 Å². The molecule has 0 radical (unpaired) electrons. The number of carbonyl (C=O) groups excluding carboxylic acids is 1. The summed E-state index contributed by atoms with van der Waals surface area (Å²) in [4.78, 5) is 11.8. The van der Waals surface area contributed by atoms with Crippen LogP contribution < -0.4 is 10.2 Å². The van der Waals surface area contributed by atoms with Gasteiger partial charge < -0.3 is 4.74 Å². The van der Waals surface area contributed by atoms with Gasteiger partial charge in [-0.15, -0.1) is 0 Å². The van der Waals surface area contributed by atoms with Crippen molar-refractivity contribution in [2.24, 2.45) is 0 Å². The fourth-order valence-corrected chi connectivity index (χ4v) is 4.94. The quantitative estimate of drug-likeness (QED) is 0.393. The van der Waals surface area contributed by atoms with E-state index in [0.717, 1.165) is 11.1 Å². The molecule has 0 heterocycles. The number of hydroxylamine groups is 1. The van der Waals surface area contributed by atoms with E-state index in [4.69, 9.17) is 9.94 Å². The zero-order chi connectivity index (χ0) is 22.3. The lowest BCUT2D eigenvalue weighted by Crippen LogP contribution is -2.38. The molecule has 31 heavy (non-hydrogen) atoms. The smallest absolute Gasteiger partial charge is 0.244 e. The number of hydrogen-bond acceptors (Lipinski definition) is 5. The van der Waals surface area contributed by atoms with Gasteiger partial charge in [-0.25, -0.2) is 13.9 Å². The SMILES string of the molecule is COc1ccc(S(=O)(=O)N(CCC(=O)NO)C(c2ccccc2)c2ccccc2)cc1. The first-order valence-corrected chi connectivity index (χ1v) is 11.1. The summed E-state index contributed by atoms with van der Waals surface area (Å²) in [6, 6.07) is 23.9. The Balaban J connectivity index is 2.13. The number of hydrogen-bond donors (Lipinski definition) is 2. The monoisotopic (exact) mass is 440 g/mol. The fourth-order valence-electron chi connectivity index (χ4n) is 3.33. The van der Waals surface area contributed by atoms with E-state index in [2.05, 4.69) is 0 Å². The molecule has 0 aliphatic rings. The lowest BCUT2D eigenvalue weighted by atomic mass is 9.98. The Morgan fingerprint density at radius 3 is 1.90 bits per heavy atom. The molecule has 0 spiro atoms. The van der Waals surface area contributed by atoms with Crippen LogP contribution in [0, 0.1) is 0 Å². The summed E-state index contributed by atoms with van der Waals surface area (Å²) >= 11 is 0. The van der Waals surface area contributed by atoms with Crippen molar-refractivity contribution in [1.82, 2.24) is 9.79 Å². The Bertz CT molecular complexity index is 1050. The molecule has 0 unspecified atom stereocenters. The molecular weight excluding hydrogens is 416 g/mol. The molecule has 0 saturated carbocycles. The third-order valence-corrected chi connectivity index (χ3v) is 6.75. The Kier molecular flexibility index (Phi) is 7.41.